The Morgan fingerprint density at radius 2 is 1.83 bits per heavy atom. The molecule has 12 heteroatoms. The first-order chi connectivity index (χ1) is 16.5. The van der Waals surface area contributed by atoms with Gasteiger partial charge in [0.25, 0.3) is 5.91 Å². The third-order valence-electron chi connectivity index (χ3n) is 5.52. The summed E-state index contributed by atoms with van der Waals surface area (Å²) in [4.78, 5) is 13.2. The number of amides is 1. The molecule has 0 bridgehead atoms. The molecule has 4 rings (SSSR count). The van der Waals surface area contributed by atoms with Crippen LogP contribution in [0.15, 0.2) is 58.6 Å². The van der Waals surface area contributed by atoms with Gasteiger partial charge in [-0.25, -0.2) is 4.31 Å². The lowest BCUT2D eigenvalue weighted by molar-refractivity contribution is -0.137. The maximum absolute atomic E-state index is 13.2. The molecule has 2 aliphatic rings. The van der Waals surface area contributed by atoms with Crippen molar-refractivity contribution < 1.29 is 35.9 Å². The van der Waals surface area contributed by atoms with E-state index in [2.05, 4.69) is 9.71 Å². The van der Waals surface area contributed by atoms with Gasteiger partial charge in [-0.3, -0.25) is 4.79 Å². The third-order valence-corrected chi connectivity index (χ3v) is 6.85. The second-order valence-corrected chi connectivity index (χ2v) is 9.58. The number of anilines is 1. The second kappa shape index (κ2) is 9.25. The van der Waals surface area contributed by atoms with Crippen LogP contribution in [0.5, 0.6) is 11.5 Å². The van der Waals surface area contributed by atoms with Gasteiger partial charge < -0.3 is 14.8 Å². The Kier molecular flexibility index (Phi) is 6.50. The molecule has 1 amide bonds. The summed E-state index contributed by atoms with van der Waals surface area (Å²) in [6.45, 7) is 0.0485. The number of halogens is 3. The number of hydrogen-bond acceptors (Lipinski definition) is 5. The van der Waals surface area contributed by atoms with Gasteiger partial charge >= 0.3 is 16.4 Å². The van der Waals surface area contributed by atoms with Crippen LogP contribution in [0.4, 0.5) is 18.9 Å². The average molecular weight is 510 g/mol. The zero-order valence-electron chi connectivity index (χ0n) is 18.8. The van der Waals surface area contributed by atoms with Crippen molar-refractivity contribution in [2.45, 2.75) is 19.0 Å². The molecule has 1 N–H and O–H groups in total. The van der Waals surface area contributed by atoms with Gasteiger partial charge in [-0.05, 0) is 61.2 Å². The highest BCUT2D eigenvalue weighted by atomic mass is 32.2. The molecule has 8 nitrogen and oxygen atoms in total. The smallest absolute Gasteiger partial charge is 0.416 e. The molecule has 1 aliphatic heterocycles. The third kappa shape index (κ3) is 5.42. The van der Waals surface area contributed by atoms with Gasteiger partial charge in [0.15, 0.2) is 11.5 Å². The summed E-state index contributed by atoms with van der Waals surface area (Å²) in [6, 6.07) is 8.75. The van der Waals surface area contributed by atoms with Crippen molar-refractivity contribution in [1.82, 2.24) is 4.31 Å². The fourth-order valence-corrected chi connectivity index (χ4v) is 4.82. The first-order valence-electron chi connectivity index (χ1n) is 10.6. The molecule has 0 spiro atoms. The Hall–Kier alpha value is -3.54. The number of benzene rings is 2. The zero-order chi connectivity index (χ0) is 25.4. The molecule has 0 atom stereocenters. The number of ether oxygens (including phenoxy) is 2. The van der Waals surface area contributed by atoms with E-state index < -0.39 is 27.9 Å². The highest BCUT2D eigenvalue weighted by molar-refractivity contribution is 7.88. The number of hydrogen-bond donors (Lipinski definition) is 1. The molecule has 0 unspecified atom stereocenters. The summed E-state index contributed by atoms with van der Waals surface area (Å²) in [7, 11) is -1.42. The number of methoxy groups -OCH3 is 2. The van der Waals surface area contributed by atoms with E-state index in [9.17, 15) is 26.4 Å². The largest absolute Gasteiger partial charge is 0.493 e. The minimum absolute atomic E-state index is 0.0211. The standard InChI is InChI=1S/C23H22F3N3O5S/c1-33-20-9-8-15(10-21(20)34-2)18-12-19(29(13-14-6-7-14)35(31,32)28-18)22(30)27-17-5-3-4-16(11-17)23(24,25)26/h3-5,8-12,14H,6-7,13H2,1-2H3,(H,27,30). The van der Waals surface area contributed by atoms with E-state index in [1.54, 1.807) is 12.1 Å². The van der Waals surface area contributed by atoms with E-state index >= 15 is 0 Å². The van der Waals surface area contributed by atoms with Crippen molar-refractivity contribution in [3.8, 4) is 11.5 Å². The molecule has 1 fully saturated rings. The lowest BCUT2D eigenvalue weighted by Gasteiger charge is -2.27. The molecule has 1 saturated carbocycles. The molecule has 2 aromatic rings. The molecule has 1 heterocycles. The van der Waals surface area contributed by atoms with E-state index in [1.165, 1.54) is 32.4 Å². The molecule has 1 aliphatic carbocycles. The Bertz CT molecular complexity index is 1320. The van der Waals surface area contributed by atoms with Crippen LogP contribution in [0.1, 0.15) is 24.0 Å². The topological polar surface area (TPSA) is 97.3 Å². The summed E-state index contributed by atoms with van der Waals surface area (Å²) in [5.41, 5.74) is -0.976. The summed E-state index contributed by atoms with van der Waals surface area (Å²) in [5.74, 6) is -0.0555. The number of carbonyl (C=O) groups is 1. The van der Waals surface area contributed by atoms with Crippen LogP contribution in [0, 0.1) is 5.92 Å². The van der Waals surface area contributed by atoms with E-state index in [4.69, 9.17) is 9.47 Å². The van der Waals surface area contributed by atoms with Gasteiger partial charge in [-0.1, -0.05) is 6.07 Å². The predicted octanol–water partition coefficient (Wildman–Crippen LogP) is 4.00. The van der Waals surface area contributed by atoms with Crippen molar-refractivity contribution >= 4 is 27.5 Å². The fourth-order valence-electron chi connectivity index (χ4n) is 3.53. The number of nitrogens with zero attached hydrogens (tertiary/aromatic N) is 2. The van der Waals surface area contributed by atoms with Gasteiger partial charge in [-0.15, -0.1) is 4.40 Å². The van der Waals surface area contributed by atoms with Crippen molar-refractivity contribution in [3.05, 3.63) is 65.4 Å². The van der Waals surface area contributed by atoms with Crippen LogP contribution in [0.25, 0.3) is 0 Å². The molecule has 0 saturated heterocycles. The number of alkyl halides is 3. The number of rotatable bonds is 7. The minimum atomic E-state index is -4.60. The quantitative estimate of drug-likeness (QED) is 0.609. The van der Waals surface area contributed by atoms with Crippen LogP contribution in [0.2, 0.25) is 0 Å². The molecule has 35 heavy (non-hydrogen) atoms. The average Bonchev–Trinajstić information content (AvgIpc) is 3.63. The first-order valence-corrected chi connectivity index (χ1v) is 12.0. The predicted molar refractivity (Wildman–Crippen MR) is 123 cm³/mol. The zero-order valence-corrected chi connectivity index (χ0v) is 19.6. The maximum atomic E-state index is 13.2. The van der Waals surface area contributed by atoms with Crippen molar-refractivity contribution in [1.29, 1.82) is 0 Å². The van der Waals surface area contributed by atoms with Gasteiger partial charge in [0.05, 0.1) is 25.5 Å². The second-order valence-electron chi connectivity index (χ2n) is 8.06. The summed E-state index contributed by atoms with van der Waals surface area (Å²) < 4.78 is 80.6. The highest BCUT2D eigenvalue weighted by Gasteiger charge is 2.37. The van der Waals surface area contributed by atoms with Crippen molar-refractivity contribution in [3.63, 3.8) is 0 Å². The van der Waals surface area contributed by atoms with Crippen LogP contribution in [-0.4, -0.2) is 45.1 Å². The van der Waals surface area contributed by atoms with Crippen LogP contribution in [-0.2, 0) is 21.2 Å². The highest BCUT2D eigenvalue weighted by Crippen LogP contribution is 2.35. The SMILES string of the molecule is COc1ccc(C2=NS(=O)(=O)N(CC3CC3)C(C(=O)Nc3cccc(C(F)(F)F)c3)=C2)cc1OC. The van der Waals surface area contributed by atoms with Crippen LogP contribution in [0.3, 0.4) is 0 Å². The van der Waals surface area contributed by atoms with E-state index in [0.29, 0.717) is 17.1 Å². The summed E-state index contributed by atoms with van der Waals surface area (Å²) >= 11 is 0. The van der Waals surface area contributed by atoms with Crippen molar-refractivity contribution in [2.24, 2.45) is 10.3 Å². The number of nitrogens with one attached hydrogen (secondary N) is 1. The van der Waals surface area contributed by atoms with Gasteiger partial charge in [0.1, 0.15) is 5.70 Å². The van der Waals surface area contributed by atoms with Gasteiger partial charge in [0.2, 0.25) is 0 Å². The lowest BCUT2D eigenvalue weighted by Crippen LogP contribution is -2.39. The summed E-state index contributed by atoms with van der Waals surface area (Å²) in [5, 5.41) is 2.39. The fraction of sp³-hybridized carbons (Fsp3) is 0.304. The lowest BCUT2D eigenvalue weighted by atomic mass is 10.1. The van der Waals surface area contributed by atoms with Gasteiger partial charge in [-0.2, -0.15) is 21.6 Å². The van der Waals surface area contributed by atoms with Crippen LogP contribution >= 0.6 is 0 Å². The molecule has 0 aromatic heterocycles. The maximum Gasteiger partial charge on any atom is 0.416 e. The Balaban J connectivity index is 1.72. The van der Waals surface area contributed by atoms with E-state index in [1.807, 2.05) is 0 Å². The monoisotopic (exact) mass is 509 g/mol. The first kappa shape index (κ1) is 24.6. The Morgan fingerprint density at radius 3 is 2.46 bits per heavy atom. The van der Waals surface area contributed by atoms with Gasteiger partial charge in [0, 0.05) is 17.8 Å². The normalized spacial score (nSPS) is 17.3. The number of allylic oxidation sites excluding steroid dienone is 1. The molecular weight excluding hydrogens is 487 g/mol. The Labute approximate surface area is 200 Å². The molecule has 186 valence electrons. The molecule has 0 radical (unpaired) electrons. The molecular formula is C23H22F3N3O5S. The van der Waals surface area contributed by atoms with E-state index in [0.717, 1.165) is 35.3 Å². The number of carbonyl (C=O) groups excluding carboxylic acids is 1. The minimum Gasteiger partial charge on any atom is -0.493 e. The van der Waals surface area contributed by atoms with Crippen molar-refractivity contribution in [2.75, 3.05) is 26.1 Å². The summed E-state index contributed by atoms with van der Waals surface area (Å²) in [6.07, 6.45) is -1.69. The molecule has 2 aromatic carbocycles. The Morgan fingerprint density at radius 1 is 1.11 bits per heavy atom. The van der Waals surface area contributed by atoms with E-state index in [-0.39, 0.29) is 29.6 Å². The van der Waals surface area contributed by atoms with Crippen LogP contribution < -0.4 is 14.8 Å².